The number of nitrogen functional groups attached to an aromatic ring is 1. The van der Waals surface area contributed by atoms with E-state index in [1.54, 1.807) is 6.07 Å². The fourth-order valence-corrected chi connectivity index (χ4v) is 3.53. The average molecular weight is 266 g/mol. The smallest absolute Gasteiger partial charge is 0.261 e. The molecule has 1 aromatic heterocycles. The first-order valence-electron chi connectivity index (χ1n) is 6.54. The van der Waals surface area contributed by atoms with Crippen LogP contribution in [0.4, 0.5) is 5.69 Å². The third-order valence-corrected chi connectivity index (χ3v) is 4.79. The summed E-state index contributed by atoms with van der Waals surface area (Å²) in [5, 5.41) is 3.15. The zero-order valence-corrected chi connectivity index (χ0v) is 12.2. The molecule has 1 aliphatic carbocycles. The van der Waals surface area contributed by atoms with E-state index in [1.165, 1.54) is 24.2 Å². The number of aryl methyl sites for hydroxylation is 1. The van der Waals surface area contributed by atoms with Gasteiger partial charge in [0.2, 0.25) is 0 Å². The maximum Gasteiger partial charge on any atom is 0.261 e. The SMILES string of the molecule is Cc1sc(C(=O)NC2CCCC(C)(C)C2)cc1N. The van der Waals surface area contributed by atoms with E-state index in [4.69, 9.17) is 5.73 Å². The number of hydrogen-bond acceptors (Lipinski definition) is 3. The molecule has 0 bridgehead atoms. The van der Waals surface area contributed by atoms with Gasteiger partial charge in [-0.15, -0.1) is 11.3 Å². The maximum atomic E-state index is 12.1. The van der Waals surface area contributed by atoms with Crippen LogP contribution in [0, 0.1) is 12.3 Å². The molecule has 0 radical (unpaired) electrons. The van der Waals surface area contributed by atoms with Crippen LogP contribution in [0.5, 0.6) is 0 Å². The van der Waals surface area contributed by atoms with Gasteiger partial charge in [0.05, 0.1) is 4.88 Å². The highest BCUT2D eigenvalue weighted by molar-refractivity contribution is 7.14. The minimum Gasteiger partial charge on any atom is -0.398 e. The summed E-state index contributed by atoms with van der Waals surface area (Å²) in [7, 11) is 0. The Morgan fingerprint density at radius 1 is 1.56 bits per heavy atom. The summed E-state index contributed by atoms with van der Waals surface area (Å²) in [5.74, 6) is 0.0301. The first kappa shape index (κ1) is 13.4. The minimum absolute atomic E-state index is 0.0301. The van der Waals surface area contributed by atoms with E-state index in [2.05, 4.69) is 19.2 Å². The molecule has 3 N–H and O–H groups in total. The van der Waals surface area contributed by atoms with Crippen molar-refractivity contribution in [3.8, 4) is 0 Å². The van der Waals surface area contributed by atoms with Gasteiger partial charge in [0.25, 0.3) is 5.91 Å². The van der Waals surface area contributed by atoms with Gasteiger partial charge in [-0.25, -0.2) is 0 Å². The number of carbonyl (C=O) groups excluding carboxylic acids is 1. The standard InChI is InChI=1S/C14H22N2OS/c1-9-11(15)7-12(18-9)13(17)16-10-5-4-6-14(2,3)8-10/h7,10H,4-6,8,15H2,1-3H3,(H,16,17). The van der Waals surface area contributed by atoms with Gasteiger partial charge in [0.1, 0.15) is 0 Å². The Morgan fingerprint density at radius 2 is 2.28 bits per heavy atom. The zero-order valence-electron chi connectivity index (χ0n) is 11.4. The molecule has 0 spiro atoms. The summed E-state index contributed by atoms with van der Waals surface area (Å²) < 4.78 is 0. The second kappa shape index (κ2) is 4.92. The van der Waals surface area contributed by atoms with Crippen molar-refractivity contribution in [1.29, 1.82) is 0 Å². The number of amides is 1. The molecule has 1 aromatic rings. The largest absolute Gasteiger partial charge is 0.398 e. The first-order chi connectivity index (χ1) is 8.37. The highest BCUT2D eigenvalue weighted by atomic mass is 32.1. The van der Waals surface area contributed by atoms with Crippen LogP contribution in [0.15, 0.2) is 6.07 Å². The van der Waals surface area contributed by atoms with Gasteiger partial charge in [-0.3, -0.25) is 4.79 Å². The number of carbonyl (C=O) groups is 1. The zero-order chi connectivity index (χ0) is 13.3. The molecule has 18 heavy (non-hydrogen) atoms. The molecular formula is C14H22N2OS. The molecule has 100 valence electrons. The number of rotatable bonds is 2. The Kier molecular flexibility index (Phi) is 3.66. The number of nitrogens with two attached hydrogens (primary N) is 1. The van der Waals surface area contributed by atoms with Crippen LogP contribution in [0.1, 0.15) is 54.1 Å². The molecule has 0 saturated heterocycles. The Morgan fingerprint density at radius 3 is 2.83 bits per heavy atom. The molecule has 1 atom stereocenters. The summed E-state index contributed by atoms with van der Waals surface area (Å²) in [6.07, 6.45) is 4.61. The van der Waals surface area contributed by atoms with E-state index in [1.807, 2.05) is 6.92 Å². The molecule has 2 rings (SSSR count). The summed E-state index contributed by atoms with van der Waals surface area (Å²) in [6.45, 7) is 6.50. The van der Waals surface area contributed by atoms with E-state index in [-0.39, 0.29) is 5.91 Å². The number of hydrogen-bond donors (Lipinski definition) is 2. The van der Waals surface area contributed by atoms with Crippen LogP contribution in [0.2, 0.25) is 0 Å². The van der Waals surface area contributed by atoms with Gasteiger partial charge in [-0.1, -0.05) is 20.3 Å². The van der Waals surface area contributed by atoms with Crippen LogP contribution >= 0.6 is 11.3 Å². The molecule has 0 aliphatic heterocycles. The lowest BCUT2D eigenvalue weighted by Gasteiger charge is -2.35. The highest BCUT2D eigenvalue weighted by Crippen LogP contribution is 2.35. The first-order valence-corrected chi connectivity index (χ1v) is 7.36. The Bertz CT molecular complexity index is 431. The van der Waals surface area contributed by atoms with Crippen molar-refractivity contribution in [3.05, 3.63) is 15.8 Å². The fourth-order valence-electron chi connectivity index (χ4n) is 2.69. The summed E-state index contributed by atoms with van der Waals surface area (Å²) in [4.78, 5) is 13.9. The van der Waals surface area contributed by atoms with E-state index < -0.39 is 0 Å². The van der Waals surface area contributed by atoms with Gasteiger partial charge in [0.15, 0.2) is 0 Å². The molecule has 1 unspecified atom stereocenters. The molecule has 3 nitrogen and oxygen atoms in total. The Labute approximate surface area is 113 Å². The number of nitrogens with one attached hydrogen (secondary N) is 1. The number of anilines is 1. The second-order valence-electron chi connectivity index (χ2n) is 6.05. The van der Waals surface area contributed by atoms with Gasteiger partial charge in [-0.05, 0) is 37.7 Å². The highest BCUT2D eigenvalue weighted by Gasteiger charge is 2.29. The quantitative estimate of drug-likeness (QED) is 0.862. The van der Waals surface area contributed by atoms with Crippen LogP contribution in [0.3, 0.4) is 0 Å². The predicted octanol–water partition coefficient (Wildman–Crippen LogP) is 3.34. The predicted molar refractivity (Wildman–Crippen MR) is 77.0 cm³/mol. The van der Waals surface area contributed by atoms with Gasteiger partial charge >= 0.3 is 0 Å². The molecule has 4 heteroatoms. The molecule has 1 aliphatic rings. The van der Waals surface area contributed by atoms with Crippen molar-refractivity contribution in [2.24, 2.45) is 5.41 Å². The normalized spacial score (nSPS) is 22.7. The van der Waals surface area contributed by atoms with Crippen molar-refractivity contribution >= 4 is 22.9 Å². The second-order valence-corrected chi connectivity index (χ2v) is 7.31. The van der Waals surface area contributed by atoms with Crippen molar-refractivity contribution in [2.75, 3.05) is 5.73 Å². The third-order valence-electron chi connectivity index (χ3n) is 3.72. The summed E-state index contributed by atoms with van der Waals surface area (Å²) in [6, 6.07) is 2.09. The van der Waals surface area contributed by atoms with Crippen LogP contribution < -0.4 is 11.1 Å². The maximum absolute atomic E-state index is 12.1. The topological polar surface area (TPSA) is 55.1 Å². The third kappa shape index (κ3) is 3.05. The van der Waals surface area contributed by atoms with Crippen LogP contribution in [-0.4, -0.2) is 11.9 Å². The molecule has 1 amide bonds. The van der Waals surface area contributed by atoms with E-state index in [0.717, 1.165) is 22.6 Å². The molecule has 1 heterocycles. The lowest BCUT2D eigenvalue weighted by molar-refractivity contribution is 0.0906. The molecular weight excluding hydrogens is 244 g/mol. The van der Waals surface area contributed by atoms with Crippen LogP contribution in [0.25, 0.3) is 0 Å². The van der Waals surface area contributed by atoms with E-state index >= 15 is 0 Å². The Hall–Kier alpha value is -1.03. The van der Waals surface area contributed by atoms with E-state index in [0.29, 0.717) is 17.1 Å². The minimum atomic E-state index is 0.0301. The van der Waals surface area contributed by atoms with Gasteiger partial charge in [0, 0.05) is 16.6 Å². The van der Waals surface area contributed by atoms with Gasteiger partial charge < -0.3 is 11.1 Å². The molecule has 0 aromatic carbocycles. The van der Waals surface area contributed by atoms with Crippen molar-refractivity contribution in [2.45, 2.75) is 52.5 Å². The average Bonchev–Trinajstić information content (AvgIpc) is 2.58. The Balaban J connectivity index is 1.99. The molecule has 1 saturated carbocycles. The van der Waals surface area contributed by atoms with Crippen molar-refractivity contribution in [3.63, 3.8) is 0 Å². The summed E-state index contributed by atoms with van der Waals surface area (Å²) in [5.41, 5.74) is 6.85. The lowest BCUT2D eigenvalue weighted by Crippen LogP contribution is -2.40. The van der Waals surface area contributed by atoms with Crippen molar-refractivity contribution < 1.29 is 4.79 Å². The van der Waals surface area contributed by atoms with Crippen LogP contribution in [-0.2, 0) is 0 Å². The van der Waals surface area contributed by atoms with Crippen molar-refractivity contribution in [1.82, 2.24) is 5.32 Å². The molecule has 1 fully saturated rings. The van der Waals surface area contributed by atoms with E-state index in [9.17, 15) is 4.79 Å². The monoisotopic (exact) mass is 266 g/mol. The fraction of sp³-hybridized carbons (Fsp3) is 0.643. The lowest BCUT2D eigenvalue weighted by atomic mass is 9.75. The summed E-state index contributed by atoms with van der Waals surface area (Å²) >= 11 is 1.47. The number of thiophene rings is 1. The van der Waals surface area contributed by atoms with Gasteiger partial charge in [-0.2, -0.15) is 0 Å².